The largest absolute Gasteiger partial charge is 0.382 e. The molecule has 1 aromatic carbocycles. The highest BCUT2D eigenvalue weighted by Crippen LogP contribution is 2.33. The fraction of sp³-hybridized carbons (Fsp3) is 0.100. The van der Waals surface area contributed by atoms with E-state index in [1.54, 1.807) is 0 Å². The number of hydrogen-bond acceptors (Lipinski definition) is 2. The molecule has 0 aliphatic heterocycles. The van der Waals surface area contributed by atoms with Gasteiger partial charge in [-0.25, -0.2) is 22.0 Å². The standard InChI is InChI=1S/C10H6F5N3/c1-2-9(17-18-10(2)16)3-4(11)6(13)8(15)7(14)5(3)12/h1H3,(H3,16,17,18). The van der Waals surface area contributed by atoms with Gasteiger partial charge in [0.25, 0.3) is 0 Å². The van der Waals surface area contributed by atoms with Crippen LogP contribution in [0.15, 0.2) is 0 Å². The average Bonchev–Trinajstić information content (AvgIpc) is 2.66. The van der Waals surface area contributed by atoms with Crippen molar-refractivity contribution in [3.8, 4) is 11.3 Å². The zero-order valence-corrected chi connectivity index (χ0v) is 8.91. The minimum atomic E-state index is -2.21. The first-order chi connectivity index (χ1) is 8.36. The normalized spacial score (nSPS) is 11.0. The Kier molecular flexibility index (Phi) is 2.72. The monoisotopic (exact) mass is 263 g/mol. The molecule has 1 heterocycles. The first-order valence-electron chi connectivity index (χ1n) is 4.68. The second kappa shape index (κ2) is 3.97. The average molecular weight is 263 g/mol. The lowest BCUT2D eigenvalue weighted by Gasteiger charge is -2.07. The second-order valence-electron chi connectivity index (χ2n) is 3.55. The highest BCUT2D eigenvalue weighted by molar-refractivity contribution is 5.68. The van der Waals surface area contributed by atoms with Crippen LogP contribution in [0.5, 0.6) is 0 Å². The van der Waals surface area contributed by atoms with Gasteiger partial charge in [0.05, 0.1) is 11.3 Å². The van der Waals surface area contributed by atoms with Crippen LogP contribution in [-0.4, -0.2) is 10.2 Å². The molecule has 2 rings (SSSR count). The van der Waals surface area contributed by atoms with E-state index < -0.39 is 34.6 Å². The van der Waals surface area contributed by atoms with Gasteiger partial charge < -0.3 is 5.73 Å². The molecule has 1 aromatic heterocycles. The maximum absolute atomic E-state index is 13.5. The number of nitrogens with one attached hydrogen (secondary N) is 1. The number of nitrogen functional groups attached to an aromatic ring is 1. The van der Waals surface area contributed by atoms with Crippen molar-refractivity contribution >= 4 is 5.82 Å². The topological polar surface area (TPSA) is 54.7 Å². The molecule has 0 bridgehead atoms. The Balaban J connectivity index is 2.84. The van der Waals surface area contributed by atoms with Crippen molar-refractivity contribution in [3.05, 3.63) is 34.6 Å². The Hall–Kier alpha value is -2.12. The summed E-state index contributed by atoms with van der Waals surface area (Å²) >= 11 is 0. The van der Waals surface area contributed by atoms with Crippen LogP contribution in [-0.2, 0) is 0 Å². The zero-order chi connectivity index (χ0) is 13.6. The number of aromatic nitrogens is 2. The van der Waals surface area contributed by atoms with E-state index in [9.17, 15) is 22.0 Å². The molecule has 0 atom stereocenters. The third-order valence-electron chi connectivity index (χ3n) is 2.51. The van der Waals surface area contributed by atoms with E-state index in [-0.39, 0.29) is 17.1 Å². The maximum Gasteiger partial charge on any atom is 0.200 e. The molecule has 0 saturated heterocycles. The first kappa shape index (κ1) is 12.3. The van der Waals surface area contributed by atoms with Gasteiger partial charge in [-0.05, 0) is 6.92 Å². The van der Waals surface area contributed by atoms with Crippen molar-refractivity contribution in [2.24, 2.45) is 0 Å². The Bertz CT molecular complexity index is 606. The fourth-order valence-electron chi connectivity index (χ4n) is 1.48. The zero-order valence-electron chi connectivity index (χ0n) is 8.91. The molecule has 0 amide bonds. The Morgan fingerprint density at radius 1 is 0.889 bits per heavy atom. The summed E-state index contributed by atoms with van der Waals surface area (Å²) in [4.78, 5) is 0. The van der Waals surface area contributed by atoms with Gasteiger partial charge in [0.2, 0.25) is 5.82 Å². The molecule has 0 unspecified atom stereocenters. The number of benzene rings is 1. The lowest BCUT2D eigenvalue weighted by Crippen LogP contribution is -2.04. The van der Waals surface area contributed by atoms with Gasteiger partial charge in [0.1, 0.15) is 5.82 Å². The summed E-state index contributed by atoms with van der Waals surface area (Å²) in [7, 11) is 0. The van der Waals surface area contributed by atoms with E-state index in [1.165, 1.54) is 6.92 Å². The molecule has 0 saturated carbocycles. The van der Waals surface area contributed by atoms with Gasteiger partial charge in [-0.1, -0.05) is 0 Å². The van der Waals surface area contributed by atoms with Crippen LogP contribution in [0.25, 0.3) is 11.3 Å². The number of H-pyrrole nitrogens is 1. The molecule has 0 aliphatic rings. The predicted octanol–water partition coefficient (Wildman–Crippen LogP) is 2.66. The highest BCUT2D eigenvalue weighted by atomic mass is 19.2. The summed E-state index contributed by atoms with van der Waals surface area (Å²) in [6.07, 6.45) is 0. The van der Waals surface area contributed by atoms with Gasteiger partial charge in [0, 0.05) is 5.56 Å². The predicted molar refractivity (Wildman–Crippen MR) is 53.0 cm³/mol. The smallest absolute Gasteiger partial charge is 0.200 e. The van der Waals surface area contributed by atoms with E-state index in [0.29, 0.717) is 0 Å². The summed E-state index contributed by atoms with van der Waals surface area (Å²) < 4.78 is 65.8. The van der Waals surface area contributed by atoms with E-state index in [1.807, 2.05) is 0 Å². The van der Waals surface area contributed by atoms with Crippen LogP contribution in [0.4, 0.5) is 27.8 Å². The summed E-state index contributed by atoms with van der Waals surface area (Å²) in [6, 6.07) is 0. The molecule has 0 aliphatic carbocycles. The lowest BCUT2D eigenvalue weighted by molar-refractivity contribution is 0.381. The minimum Gasteiger partial charge on any atom is -0.382 e. The summed E-state index contributed by atoms with van der Waals surface area (Å²) in [6.45, 7) is 1.34. The van der Waals surface area contributed by atoms with Gasteiger partial charge in [-0.2, -0.15) is 5.10 Å². The van der Waals surface area contributed by atoms with Crippen LogP contribution < -0.4 is 5.73 Å². The van der Waals surface area contributed by atoms with Crippen LogP contribution in [0, 0.1) is 36.0 Å². The third-order valence-corrected chi connectivity index (χ3v) is 2.51. The van der Waals surface area contributed by atoms with Crippen LogP contribution in [0.2, 0.25) is 0 Å². The maximum atomic E-state index is 13.5. The van der Waals surface area contributed by atoms with E-state index in [0.717, 1.165) is 0 Å². The van der Waals surface area contributed by atoms with Crippen molar-refractivity contribution < 1.29 is 22.0 Å². The van der Waals surface area contributed by atoms with Gasteiger partial charge in [-0.3, -0.25) is 5.10 Å². The molecule has 0 spiro atoms. The molecular weight excluding hydrogens is 257 g/mol. The van der Waals surface area contributed by atoms with Crippen molar-refractivity contribution in [1.29, 1.82) is 0 Å². The van der Waals surface area contributed by atoms with Gasteiger partial charge in [0.15, 0.2) is 23.3 Å². The Labute approximate surface area is 97.4 Å². The van der Waals surface area contributed by atoms with Crippen LogP contribution in [0.3, 0.4) is 0 Å². The number of anilines is 1. The molecule has 3 N–H and O–H groups in total. The number of rotatable bonds is 1. The lowest BCUT2D eigenvalue weighted by atomic mass is 10.1. The van der Waals surface area contributed by atoms with Gasteiger partial charge in [-0.15, -0.1) is 0 Å². The SMILES string of the molecule is Cc1c(N)n[nH]c1-c1c(F)c(F)c(F)c(F)c1F. The number of nitrogens with two attached hydrogens (primary N) is 1. The third kappa shape index (κ3) is 1.52. The van der Waals surface area contributed by atoms with Crippen molar-refractivity contribution in [3.63, 3.8) is 0 Å². The fourth-order valence-corrected chi connectivity index (χ4v) is 1.48. The van der Waals surface area contributed by atoms with Crippen molar-refractivity contribution in [2.75, 3.05) is 5.73 Å². The molecular formula is C10H6F5N3. The molecule has 2 aromatic rings. The minimum absolute atomic E-state index is 0.0889. The van der Waals surface area contributed by atoms with Crippen molar-refractivity contribution in [1.82, 2.24) is 10.2 Å². The van der Waals surface area contributed by atoms with Crippen LogP contribution >= 0.6 is 0 Å². The summed E-state index contributed by atoms with van der Waals surface area (Å²) in [5.41, 5.74) is 4.01. The summed E-state index contributed by atoms with van der Waals surface area (Å²) in [5.74, 6) is -10.2. The molecule has 0 fully saturated rings. The number of hydrogen-bond donors (Lipinski definition) is 2. The molecule has 3 nitrogen and oxygen atoms in total. The number of aromatic amines is 1. The number of halogens is 5. The van der Waals surface area contributed by atoms with E-state index in [2.05, 4.69) is 10.2 Å². The van der Waals surface area contributed by atoms with Crippen molar-refractivity contribution in [2.45, 2.75) is 6.92 Å². The Morgan fingerprint density at radius 3 is 1.72 bits per heavy atom. The van der Waals surface area contributed by atoms with Crippen LogP contribution in [0.1, 0.15) is 5.56 Å². The highest BCUT2D eigenvalue weighted by Gasteiger charge is 2.28. The molecule has 18 heavy (non-hydrogen) atoms. The molecule has 96 valence electrons. The summed E-state index contributed by atoms with van der Waals surface area (Å²) in [5, 5.41) is 5.57. The molecule has 8 heteroatoms. The van der Waals surface area contributed by atoms with E-state index in [4.69, 9.17) is 5.73 Å². The number of nitrogens with zero attached hydrogens (tertiary/aromatic N) is 1. The quantitative estimate of drug-likeness (QED) is 0.472. The van der Waals surface area contributed by atoms with Gasteiger partial charge >= 0.3 is 0 Å². The molecule has 0 radical (unpaired) electrons. The second-order valence-corrected chi connectivity index (χ2v) is 3.55. The Morgan fingerprint density at radius 2 is 1.33 bits per heavy atom. The first-order valence-corrected chi connectivity index (χ1v) is 4.68. The van der Waals surface area contributed by atoms with E-state index >= 15 is 0 Å².